The molecule has 0 aliphatic rings. The molecule has 0 spiro atoms. The van der Waals surface area contributed by atoms with E-state index in [2.05, 4.69) is 20.6 Å². The Kier molecular flexibility index (Phi) is 5.71. The predicted molar refractivity (Wildman–Crippen MR) is 106 cm³/mol. The van der Waals surface area contributed by atoms with Crippen LogP contribution in [0.3, 0.4) is 0 Å². The molecule has 1 amide bonds. The number of primary amides is 1. The summed E-state index contributed by atoms with van der Waals surface area (Å²) in [7, 11) is 0. The number of carbonyl (C=O) groups is 2. The molecule has 1 aromatic carbocycles. The first-order valence-corrected chi connectivity index (χ1v) is 8.55. The number of anilines is 4. The lowest BCUT2D eigenvalue weighted by atomic mass is 10.2. The molecule has 0 saturated heterocycles. The number of hydrogen-bond acceptors (Lipinski definition) is 6. The Balaban J connectivity index is 1.85. The number of nitrogens with zero attached hydrogens (tertiary/aromatic N) is 2. The number of benzene rings is 1. The van der Waals surface area contributed by atoms with Gasteiger partial charge in [0.1, 0.15) is 11.6 Å². The normalized spacial score (nSPS) is 10.3. The van der Waals surface area contributed by atoms with E-state index < -0.39 is 11.9 Å². The van der Waals surface area contributed by atoms with Gasteiger partial charge in [-0.25, -0.2) is 9.97 Å². The van der Waals surface area contributed by atoms with E-state index in [0.29, 0.717) is 33.6 Å². The van der Waals surface area contributed by atoms with Gasteiger partial charge in [0.05, 0.1) is 28.4 Å². The molecule has 0 bridgehead atoms. The second-order valence-corrected chi connectivity index (χ2v) is 6.24. The highest BCUT2D eigenvalue weighted by atomic mass is 35.5. The van der Waals surface area contributed by atoms with Gasteiger partial charge in [-0.15, -0.1) is 0 Å². The Morgan fingerprint density at radius 3 is 2.39 bits per heavy atom. The van der Waals surface area contributed by atoms with Crippen molar-refractivity contribution < 1.29 is 14.7 Å². The first-order valence-electron chi connectivity index (χ1n) is 8.17. The molecule has 0 aliphatic heterocycles. The fourth-order valence-corrected chi connectivity index (χ4v) is 2.62. The summed E-state index contributed by atoms with van der Waals surface area (Å²) in [5.41, 5.74) is 7.26. The zero-order chi connectivity index (χ0) is 20.1. The van der Waals surface area contributed by atoms with Crippen LogP contribution in [0.5, 0.6) is 0 Å². The first-order chi connectivity index (χ1) is 13.4. The zero-order valence-electron chi connectivity index (χ0n) is 14.5. The Bertz CT molecular complexity index is 1020. The summed E-state index contributed by atoms with van der Waals surface area (Å²) in [6.45, 7) is 0. The minimum Gasteiger partial charge on any atom is -0.481 e. The van der Waals surface area contributed by atoms with Gasteiger partial charge in [-0.2, -0.15) is 0 Å². The van der Waals surface area contributed by atoms with E-state index >= 15 is 0 Å². The summed E-state index contributed by atoms with van der Waals surface area (Å²) in [4.78, 5) is 30.8. The maximum absolute atomic E-state index is 11.7. The van der Waals surface area contributed by atoms with Crippen molar-refractivity contribution >= 4 is 46.5 Å². The molecule has 0 unspecified atom stereocenters. The van der Waals surface area contributed by atoms with Crippen molar-refractivity contribution in [1.29, 1.82) is 0 Å². The van der Waals surface area contributed by atoms with E-state index in [9.17, 15) is 9.59 Å². The van der Waals surface area contributed by atoms with Crippen LogP contribution < -0.4 is 16.4 Å². The number of aliphatic carboxylic acids is 1. The quantitative estimate of drug-likeness (QED) is 0.481. The third-order valence-electron chi connectivity index (χ3n) is 3.75. The van der Waals surface area contributed by atoms with Gasteiger partial charge < -0.3 is 21.5 Å². The van der Waals surface area contributed by atoms with E-state index in [0.717, 1.165) is 0 Å². The van der Waals surface area contributed by atoms with Crippen LogP contribution in [0.1, 0.15) is 15.9 Å². The molecule has 9 heteroatoms. The van der Waals surface area contributed by atoms with E-state index in [-0.39, 0.29) is 12.0 Å². The van der Waals surface area contributed by atoms with Gasteiger partial charge in [-0.1, -0.05) is 29.8 Å². The summed E-state index contributed by atoms with van der Waals surface area (Å²) in [6.07, 6.45) is 2.71. The number of hydrogen-bond donors (Lipinski definition) is 4. The minimum atomic E-state index is -0.929. The van der Waals surface area contributed by atoms with Gasteiger partial charge in [-0.05, 0) is 23.8 Å². The average Bonchev–Trinajstić information content (AvgIpc) is 2.65. The number of carbonyl (C=O) groups excluding carboxylic acids is 1. The molecule has 2 aromatic heterocycles. The lowest BCUT2D eigenvalue weighted by Crippen LogP contribution is -2.14. The van der Waals surface area contributed by atoms with Gasteiger partial charge in [0, 0.05) is 18.5 Å². The summed E-state index contributed by atoms with van der Waals surface area (Å²) < 4.78 is 0. The molecular weight excluding hydrogens is 382 g/mol. The monoisotopic (exact) mass is 397 g/mol. The van der Waals surface area contributed by atoms with Crippen molar-refractivity contribution in [2.24, 2.45) is 5.73 Å². The van der Waals surface area contributed by atoms with E-state index in [1.165, 1.54) is 12.4 Å². The zero-order valence-corrected chi connectivity index (χ0v) is 15.3. The van der Waals surface area contributed by atoms with Crippen LogP contribution in [0.25, 0.3) is 0 Å². The average molecular weight is 398 g/mol. The standard InChI is InChI=1S/C19H16ClN5O3/c20-13-3-1-2-4-14(13)24-15-8-17(23-10-12(15)19(21)28)25-16-6-5-11(9-22-16)7-18(26)27/h1-6,8-10H,7H2,(H2,21,28)(H,26,27)(H2,22,23,24,25). The minimum absolute atomic E-state index is 0.106. The number of para-hydroxylation sites is 1. The summed E-state index contributed by atoms with van der Waals surface area (Å²) in [5.74, 6) is -0.679. The molecule has 0 aliphatic carbocycles. The second kappa shape index (κ2) is 8.36. The summed E-state index contributed by atoms with van der Waals surface area (Å²) >= 11 is 6.16. The first kappa shape index (κ1) is 19.1. The number of pyridine rings is 2. The van der Waals surface area contributed by atoms with E-state index in [1.54, 1.807) is 42.5 Å². The molecule has 0 fully saturated rings. The SMILES string of the molecule is NC(=O)c1cnc(Nc2ccc(CC(=O)O)cn2)cc1Nc1ccccc1Cl. The Hall–Kier alpha value is -3.65. The van der Waals surface area contributed by atoms with Crippen molar-refractivity contribution in [2.45, 2.75) is 6.42 Å². The molecule has 28 heavy (non-hydrogen) atoms. The maximum atomic E-state index is 11.7. The fraction of sp³-hybridized carbons (Fsp3) is 0.0526. The second-order valence-electron chi connectivity index (χ2n) is 5.83. The number of carboxylic acid groups (broad SMARTS) is 1. The number of aromatic nitrogens is 2. The van der Waals surface area contributed by atoms with Crippen LogP contribution >= 0.6 is 11.6 Å². The van der Waals surface area contributed by atoms with Crippen LogP contribution in [0.2, 0.25) is 5.02 Å². The Labute approximate surface area is 165 Å². The Morgan fingerprint density at radius 1 is 1.00 bits per heavy atom. The molecule has 142 valence electrons. The lowest BCUT2D eigenvalue weighted by molar-refractivity contribution is -0.136. The summed E-state index contributed by atoms with van der Waals surface area (Å²) in [6, 6.07) is 12.0. The molecule has 3 rings (SSSR count). The topological polar surface area (TPSA) is 130 Å². The smallest absolute Gasteiger partial charge is 0.307 e. The van der Waals surface area contributed by atoms with Crippen LogP contribution in [0, 0.1) is 0 Å². The predicted octanol–water partition coefficient (Wildman–Crippen LogP) is 3.34. The lowest BCUT2D eigenvalue weighted by Gasteiger charge is -2.13. The maximum Gasteiger partial charge on any atom is 0.307 e. The molecule has 3 aromatic rings. The van der Waals surface area contributed by atoms with Crippen molar-refractivity contribution in [3.05, 3.63) is 71.0 Å². The third kappa shape index (κ3) is 4.74. The highest BCUT2D eigenvalue weighted by molar-refractivity contribution is 6.33. The van der Waals surface area contributed by atoms with E-state index in [1.807, 2.05) is 0 Å². The van der Waals surface area contributed by atoms with Gasteiger partial charge in [0.2, 0.25) is 0 Å². The van der Waals surface area contributed by atoms with Crippen LogP contribution in [0.15, 0.2) is 54.9 Å². The van der Waals surface area contributed by atoms with Gasteiger partial charge in [0.25, 0.3) is 5.91 Å². The van der Waals surface area contributed by atoms with Crippen LogP contribution in [-0.2, 0) is 11.2 Å². The highest BCUT2D eigenvalue weighted by Crippen LogP contribution is 2.28. The van der Waals surface area contributed by atoms with Crippen molar-refractivity contribution in [2.75, 3.05) is 10.6 Å². The molecule has 0 radical (unpaired) electrons. The van der Waals surface area contributed by atoms with Crippen molar-refractivity contribution in [1.82, 2.24) is 9.97 Å². The number of nitrogens with two attached hydrogens (primary N) is 1. The highest BCUT2D eigenvalue weighted by Gasteiger charge is 2.12. The molecular formula is C19H16ClN5O3. The largest absolute Gasteiger partial charge is 0.481 e. The van der Waals surface area contributed by atoms with E-state index in [4.69, 9.17) is 22.4 Å². The van der Waals surface area contributed by atoms with Gasteiger partial charge in [-0.3, -0.25) is 9.59 Å². The molecule has 0 atom stereocenters. The fourth-order valence-electron chi connectivity index (χ4n) is 2.44. The van der Waals surface area contributed by atoms with Crippen molar-refractivity contribution in [3.63, 3.8) is 0 Å². The molecule has 0 saturated carbocycles. The van der Waals surface area contributed by atoms with Crippen molar-refractivity contribution in [3.8, 4) is 0 Å². The molecule has 2 heterocycles. The molecule has 8 nitrogen and oxygen atoms in total. The number of halogens is 1. The summed E-state index contributed by atoms with van der Waals surface area (Å²) in [5, 5.41) is 15.4. The van der Waals surface area contributed by atoms with Gasteiger partial charge >= 0.3 is 5.97 Å². The van der Waals surface area contributed by atoms with Crippen LogP contribution in [0.4, 0.5) is 23.0 Å². The Morgan fingerprint density at radius 2 is 1.75 bits per heavy atom. The number of amides is 1. The number of rotatable bonds is 7. The molecule has 5 N–H and O–H groups in total. The van der Waals surface area contributed by atoms with Gasteiger partial charge in [0.15, 0.2) is 0 Å². The number of nitrogens with one attached hydrogen (secondary N) is 2. The number of carboxylic acids is 1. The van der Waals surface area contributed by atoms with Crippen LogP contribution in [-0.4, -0.2) is 27.0 Å². The third-order valence-corrected chi connectivity index (χ3v) is 4.08.